The number of benzene rings is 2. The van der Waals surface area contributed by atoms with Crippen molar-refractivity contribution in [2.75, 3.05) is 0 Å². The number of halogens is 2. The second-order valence-corrected chi connectivity index (χ2v) is 6.39. The van der Waals surface area contributed by atoms with E-state index in [2.05, 4.69) is 4.98 Å². The predicted molar refractivity (Wildman–Crippen MR) is 93.1 cm³/mol. The number of aromatic nitrogens is 1. The quantitative estimate of drug-likeness (QED) is 0.701. The van der Waals surface area contributed by atoms with Crippen molar-refractivity contribution in [3.8, 4) is 0 Å². The maximum atomic E-state index is 11.8. The van der Waals surface area contributed by atoms with Gasteiger partial charge in [0.15, 0.2) is 0 Å². The first kappa shape index (κ1) is 15.0. The molecule has 3 nitrogen and oxygen atoms in total. The lowest BCUT2D eigenvalue weighted by Gasteiger charge is -2.04. The number of primary amides is 1. The summed E-state index contributed by atoms with van der Waals surface area (Å²) in [6, 6.07) is 12.8. The summed E-state index contributed by atoms with van der Waals surface area (Å²) in [5.41, 5.74) is 7.17. The summed E-state index contributed by atoms with van der Waals surface area (Å²) in [6.07, 6.45) is 1.59. The fourth-order valence-electron chi connectivity index (χ4n) is 2.02. The first-order valence-corrected chi connectivity index (χ1v) is 7.95. The number of rotatable bonds is 3. The molecular weight excluding hydrogens is 339 g/mol. The molecule has 2 aromatic carbocycles. The lowest BCUT2D eigenvalue weighted by atomic mass is 10.1. The number of nitrogens with two attached hydrogens (primary N) is 1. The van der Waals surface area contributed by atoms with E-state index in [4.69, 9.17) is 28.9 Å². The van der Waals surface area contributed by atoms with Gasteiger partial charge in [-0.15, -0.1) is 11.3 Å². The van der Waals surface area contributed by atoms with Gasteiger partial charge in [0, 0.05) is 15.6 Å². The standard InChI is InChI=1S/C16H10Cl2N2OS/c17-11-4-3-5-12(18)9(11)8-10(15(19)21)16-20-13-6-1-2-7-14(13)22-16/h1-8H,(H2,19,21)/b10-8+. The Kier molecular flexibility index (Phi) is 4.16. The molecule has 3 aromatic rings. The van der Waals surface area contributed by atoms with Gasteiger partial charge in [0.2, 0.25) is 0 Å². The molecule has 0 saturated carbocycles. The highest BCUT2D eigenvalue weighted by molar-refractivity contribution is 7.19. The fraction of sp³-hybridized carbons (Fsp3) is 0. The largest absolute Gasteiger partial charge is 0.366 e. The molecule has 0 bridgehead atoms. The maximum absolute atomic E-state index is 11.8. The number of hydrogen-bond acceptors (Lipinski definition) is 3. The Morgan fingerprint density at radius 2 is 1.77 bits per heavy atom. The van der Waals surface area contributed by atoms with Crippen LogP contribution in [0.5, 0.6) is 0 Å². The lowest BCUT2D eigenvalue weighted by Crippen LogP contribution is -2.12. The highest BCUT2D eigenvalue weighted by atomic mass is 35.5. The first-order chi connectivity index (χ1) is 10.6. The fourth-order valence-corrected chi connectivity index (χ4v) is 3.51. The molecule has 0 unspecified atom stereocenters. The monoisotopic (exact) mass is 348 g/mol. The molecule has 110 valence electrons. The molecule has 2 N–H and O–H groups in total. The van der Waals surface area contributed by atoms with Crippen LogP contribution in [0.25, 0.3) is 21.9 Å². The summed E-state index contributed by atoms with van der Waals surface area (Å²) in [5.74, 6) is -0.574. The maximum Gasteiger partial charge on any atom is 0.251 e. The summed E-state index contributed by atoms with van der Waals surface area (Å²) in [5, 5.41) is 1.45. The molecular formula is C16H10Cl2N2OS. The highest BCUT2D eigenvalue weighted by Crippen LogP contribution is 2.32. The first-order valence-electron chi connectivity index (χ1n) is 6.37. The second-order valence-electron chi connectivity index (χ2n) is 4.54. The second kappa shape index (κ2) is 6.08. The molecule has 0 aliphatic carbocycles. The van der Waals surface area contributed by atoms with Crippen molar-refractivity contribution < 1.29 is 4.79 Å². The van der Waals surface area contributed by atoms with Crippen molar-refractivity contribution in [1.82, 2.24) is 4.98 Å². The van der Waals surface area contributed by atoms with Gasteiger partial charge in [0.05, 0.1) is 15.8 Å². The lowest BCUT2D eigenvalue weighted by molar-refractivity contribution is -0.112. The van der Waals surface area contributed by atoms with Gasteiger partial charge in [-0.3, -0.25) is 4.79 Å². The van der Waals surface area contributed by atoms with Crippen LogP contribution in [0.4, 0.5) is 0 Å². The van der Waals surface area contributed by atoms with Gasteiger partial charge in [-0.1, -0.05) is 41.4 Å². The molecule has 0 aliphatic heterocycles. The molecule has 6 heteroatoms. The van der Waals surface area contributed by atoms with Crippen molar-refractivity contribution in [2.24, 2.45) is 5.73 Å². The topological polar surface area (TPSA) is 56.0 Å². The van der Waals surface area contributed by atoms with Crippen LogP contribution in [0.2, 0.25) is 10.0 Å². The minimum Gasteiger partial charge on any atom is -0.366 e. The number of fused-ring (bicyclic) bond motifs is 1. The Morgan fingerprint density at radius 1 is 1.09 bits per heavy atom. The van der Waals surface area contributed by atoms with Crippen LogP contribution in [0.1, 0.15) is 10.6 Å². The summed E-state index contributed by atoms with van der Waals surface area (Å²) < 4.78 is 0.981. The van der Waals surface area contributed by atoms with E-state index in [0.717, 1.165) is 10.2 Å². The number of para-hydroxylation sites is 1. The van der Waals surface area contributed by atoms with Crippen LogP contribution >= 0.6 is 34.5 Å². The summed E-state index contributed by atoms with van der Waals surface area (Å²) in [6.45, 7) is 0. The van der Waals surface area contributed by atoms with E-state index in [-0.39, 0.29) is 5.57 Å². The highest BCUT2D eigenvalue weighted by Gasteiger charge is 2.15. The Bertz CT molecular complexity index is 849. The van der Waals surface area contributed by atoms with E-state index < -0.39 is 5.91 Å². The number of amides is 1. The molecule has 1 heterocycles. The third-order valence-electron chi connectivity index (χ3n) is 3.08. The van der Waals surface area contributed by atoms with E-state index >= 15 is 0 Å². The average Bonchev–Trinajstić information content (AvgIpc) is 2.89. The van der Waals surface area contributed by atoms with Gasteiger partial charge in [0.1, 0.15) is 5.01 Å². The summed E-state index contributed by atoms with van der Waals surface area (Å²) >= 11 is 13.7. The smallest absolute Gasteiger partial charge is 0.251 e. The van der Waals surface area contributed by atoms with Crippen molar-refractivity contribution in [2.45, 2.75) is 0 Å². The van der Waals surface area contributed by atoms with Crippen molar-refractivity contribution in [3.63, 3.8) is 0 Å². The van der Waals surface area contributed by atoms with Gasteiger partial charge in [0.25, 0.3) is 5.91 Å². The molecule has 22 heavy (non-hydrogen) atoms. The van der Waals surface area contributed by atoms with Crippen LogP contribution in [-0.4, -0.2) is 10.9 Å². The molecule has 0 atom stereocenters. The third-order valence-corrected chi connectivity index (χ3v) is 4.81. The Morgan fingerprint density at radius 3 is 2.41 bits per heavy atom. The molecule has 3 rings (SSSR count). The SMILES string of the molecule is NC(=O)/C(=C\c1c(Cl)cccc1Cl)c1nc2ccccc2s1. The molecule has 1 aromatic heterocycles. The normalized spacial score (nSPS) is 11.8. The Hall–Kier alpha value is -1.88. The number of thiazole rings is 1. The minimum atomic E-state index is -0.574. The van der Waals surface area contributed by atoms with Crippen molar-refractivity contribution in [3.05, 3.63) is 63.1 Å². The zero-order chi connectivity index (χ0) is 15.7. The molecule has 0 aliphatic rings. The van der Waals surface area contributed by atoms with Gasteiger partial charge < -0.3 is 5.73 Å². The molecule has 0 radical (unpaired) electrons. The average molecular weight is 349 g/mol. The number of carbonyl (C=O) groups is 1. The van der Waals surface area contributed by atoms with Crippen LogP contribution in [0.3, 0.4) is 0 Å². The molecule has 0 fully saturated rings. The van der Waals surface area contributed by atoms with Gasteiger partial charge in [-0.25, -0.2) is 4.98 Å². The van der Waals surface area contributed by atoms with Crippen molar-refractivity contribution in [1.29, 1.82) is 0 Å². The molecule has 1 amide bonds. The summed E-state index contributed by atoms with van der Waals surface area (Å²) in [4.78, 5) is 16.3. The van der Waals surface area contributed by atoms with E-state index in [1.54, 1.807) is 24.3 Å². The van der Waals surface area contributed by atoms with E-state index in [1.807, 2.05) is 24.3 Å². The van der Waals surface area contributed by atoms with Crippen LogP contribution in [0.15, 0.2) is 42.5 Å². The van der Waals surface area contributed by atoms with E-state index in [1.165, 1.54) is 11.3 Å². The zero-order valence-electron chi connectivity index (χ0n) is 11.2. The van der Waals surface area contributed by atoms with Gasteiger partial charge in [-0.05, 0) is 30.3 Å². The Labute approximate surface area is 141 Å². The van der Waals surface area contributed by atoms with Gasteiger partial charge in [-0.2, -0.15) is 0 Å². The van der Waals surface area contributed by atoms with E-state index in [0.29, 0.717) is 20.6 Å². The van der Waals surface area contributed by atoms with Crippen LogP contribution in [-0.2, 0) is 4.79 Å². The third kappa shape index (κ3) is 2.86. The van der Waals surface area contributed by atoms with Crippen LogP contribution < -0.4 is 5.73 Å². The zero-order valence-corrected chi connectivity index (χ0v) is 13.5. The Balaban J connectivity index is 2.18. The minimum absolute atomic E-state index is 0.288. The predicted octanol–water partition coefficient (Wildman–Crippen LogP) is 4.63. The van der Waals surface area contributed by atoms with Crippen molar-refractivity contribution >= 4 is 62.3 Å². The van der Waals surface area contributed by atoms with E-state index in [9.17, 15) is 4.79 Å². The number of carbonyl (C=O) groups excluding carboxylic acids is 1. The number of nitrogens with zero attached hydrogens (tertiary/aromatic N) is 1. The van der Waals surface area contributed by atoms with Crippen LogP contribution in [0, 0.1) is 0 Å². The summed E-state index contributed by atoms with van der Waals surface area (Å²) in [7, 11) is 0. The number of hydrogen-bond donors (Lipinski definition) is 1. The molecule has 0 spiro atoms. The van der Waals surface area contributed by atoms with Gasteiger partial charge >= 0.3 is 0 Å². The molecule has 0 saturated heterocycles.